The number of nitrogens with one attached hydrogen (secondary N) is 1. The lowest BCUT2D eigenvalue weighted by atomic mass is 10.0. The van der Waals surface area contributed by atoms with Crippen molar-refractivity contribution < 1.29 is 27.8 Å². The van der Waals surface area contributed by atoms with Crippen LogP contribution < -0.4 is 4.74 Å². The molecular formula is C19H18N2O6S. The molecule has 4 rings (SSSR count). The van der Waals surface area contributed by atoms with Crippen LogP contribution in [0, 0.1) is 0 Å². The number of fused-ring (bicyclic) bond motifs is 3. The van der Waals surface area contributed by atoms with Crippen LogP contribution in [0.3, 0.4) is 0 Å². The van der Waals surface area contributed by atoms with Crippen LogP contribution in [-0.2, 0) is 27.7 Å². The summed E-state index contributed by atoms with van der Waals surface area (Å²) >= 11 is 0. The molecule has 0 radical (unpaired) electrons. The molecule has 0 amide bonds. The molecule has 0 fully saturated rings. The first-order valence-electron chi connectivity index (χ1n) is 8.54. The molecule has 9 heteroatoms. The van der Waals surface area contributed by atoms with E-state index in [-0.39, 0.29) is 17.9 Å². The summed E-state index contributed by atoms with van der Waals surface area (Å²) in [5.41, 5.74) is 2.46. The van der Waals surface area contributed by atoms with Crippen molar-refractivity contribution in [2.45, 2.75) is 24.1 Å². The molecule has 0 spiro atoms. The summed E-state index contributed by atoms with van der Waals surface area (Å²) in [5, 5.41) is 10.1. The number of hydrogen-bond donors (Lipinski definition) is 2. The van der Waals surface area contributed by atoms with Crippen molar-refractivity contribution in [3.8, 4) is 5.75 Å². The maximum atomic E-state index is 13.2. The van der Waals surface area contributed by atoms with Gasteiger partial charge >= 0.3 is 6.16 Å². The van der Waals surface area contributed by atoms with Gasteiger partial charge in [-0.1, -0.05) is 18.2 Å². The highest BCUT2D eigenvalue weighted by molar-refractivity contribution is 7.89. The number of sulfonamides is 1. The number of para-hydroxylation sites is 1. The van der Waals surface area contributed by atoms with Crippen LogP contribution >= 0.6 is 0 Å². The van der Waals surface area contributed by atoms with E-state index in [2.05, 4.69) is 4.98 Å². The summed E-state index contributed by atoms with van der Waals surface area (Å²) < 4.78 is 37.5. The van der Waals surface area contributed by atoms with Gasteiger partial charge in [-0.25, -0.2) is 13.2 Å². The quantitative estimate of drug-likeness (QED) is 0.650. The van der Waals surface area contributed by atoms with Crippen molar-refractivity contribution in [3.05, 3.63) is 59.8 Å². The molecule has 2 N–H and O–H groups in total. The smallest absolute Gasteiger partial charge is 0.497 e. The van der Waals surface area contributed by atoms with Crippen molar-refractivity contribution in [2.75, 3.05) is 7.11 Å². The number of benzene rings is 2. The summed E-state index contributed by atoms with van der Waals surface area (Å²) in [6.07, 6.45) is -2.55. The van der Waals surface area contributed by atoms with Crippen molar-refractivity contribution in [1.82, 2.24) is 9.29 Å². The first-order chi connectivity index (χ1) is 13.4. The van der Waals surface area contributed by atoms with Gasteiger partial charge in [-0.15, -0.1) is 0 Å². The fraction of sp³-hybridized carbons (Fsp3) is 0.211. The lowest BCUT2D eigenvalue weighted by molar-refractivity contribution is -0.00675. The zero-order valence-electron chi connectivity index (χ0n) is 15.0. The Kier molecular flexibility index (Phi) is 4.48. The number of methoxy groups -OCH3 is 1. The van der Waals surface area contributed by atoms with E-state index in [0.717, 1.165) is 26.5 Å². The van der Waals surface area contributed by atoms with Crippen LogP contribution in [-0.4, -0.2) is 42.3 Å². The van der Waals surface area contributed by atoms with Gasteiger partial charge in [-0.2, -0.15) is 4.31 Å². The summed E-state index contributed by atoms with van der Waals surface area (Å²) in [6, 6.07) is 13.5. The molecule has 0 bridgehead atoms. The van der Waals surface area contributed by atoms with Gasteiger partial charge in [0, 0.05) is 23.0 Å². The van der Waals surface area contributed by atoms with Gasteiger partial charge in [0.05, 0.1) is 18.6 Å². The van der Waals surface area contributed by atoms with Crippen LogP contribution in [0.4, 0.5) is 4.79 Å². The average Bonchev–Trinajstić information content (AvgIpc) is 3.04. The Labute approximate surface area is 161 Å². The van der Waals surface area contributed by atoms with Crippen LogP contribution in [0.1, 0.15) is 11.3 Å². The second-order valence-corrected chi connectivity index (χ2v) is 8.29. The summed E-state index contributed by atoms with van der Waals surface area (Å²) in [6.45, 7) is -0.0175. The summed E-state index contributed by atoms with van der Waals surface area (Å²) in [7, 11) is -2.50. The molecule has 0 unspecified atom stereocenters. The van der Waals surface area contributed by atoms with Crippen LogP contribution in [0.5, 0.6) is 5.75 Å². The molecule has 2 heterocycles. The molecule has 0 saturated carbocycles. The number of carbonyl (C=O) groups is 1. The second-order valence-electron chi connectivity index (χ2n) is 6.40. The maximum Gasteiger partial charge on any atom is 0.507 e. The zero-order valence-corrected chi connectivity index (χ0v) is 15.8. The molecule has 2 aromatic carbocycles. The number of rotatable bonds is 4. The molecule has 0 saturated heterocycles. The zero-order chi connectivity index (χ0) is 19.9. The Bertz CT molecular complexity index is 1140. The minimum Gasteiger partial charge on any atom is -0.497 e. The van der Waals surface area contributed by atoms with Gasteiger partial charge in [0.25, 0.3) is 0 Å². The Morgan fingerprint density at radius 3 is 2.57 bits per heavy atom. The van der Waals surface area contributed by atoms with Crippen molar-refractivity contribution in [3.63, 3.8) is 0 Å². The van der Waals surface area contributed by atoms with Gasteiger partial charge in [0.15, 0.2) is 6.23 Å². The number of ether oxygens (including phenoxy) is 2. The number of carboxylic acid groups (broad SMARTS) is 1. The van der Waals surface area contributed by atoms with E-state index < -0.39 is 22.4 Å². The molecular weight excluding hydrogens is 384 g/mol. The van der Waals surface area contributed by atoms with E-state index in [1.54, 1.807) is 0 Å². The Balaban J connectivity index is 1.77. The molecule has 1 aliphatic rings. The summed E-state index contributed by atoms with van der Waals surface area (Å²) in [5.74, 6) is 0.522. The third-order valence-electron chi connectivity index (χ3n) is 4.82. The van der Waals surface area contributed by atoms with Gasteiger partial charge in [0.2, 0.25) is 10.0 Å². The number of aromatic amines is 1. The molecule has 3 aromatic rings. The molecule has 1 aromatic heterocycles. The van der Waals surface area contributed by atoms with Crippen molar-refractivity contribution in [2.24, 2.45) is 0 Å². The average molecular weight is 402 g/mol. The first-order valence-corrected chi connectivity index (χ1v) is 9.98. The number of hydrogen-bond acceptors (Lipinski definition) is 5. The van der Waals surface area contributed by atoms with E-state index in [4.69, 9.17) is 14.6 Å². The van der Waals surface area contributed by atoms with E-state index >= 15 is 0 Å². The molecule has 28 heavy (non-hydrogen) atoms. The molecule has 8 nitrogen and oxygen atoms in total. The molecule has 0 aliphatic carbocycles. The highest BCUT2D eigenvalue weighted by Crippen LogP contribution is 2.34. The molecule has 146 valence electrons. The van der Waals surface area contributed by atoms with Gasteiger partial charge < -0.3 is 19.6 Å². The predicted molar refractivity (Wildman–Crippen MR) is 101 cm³/mol. The fourth-order valence-corrected chi connectivity index (χ4v) is 4.97. The topological polar surface area (TPSA) is 109 Å². The minimum absolute atomic E-state index is 0.0175. The largest absolute Gasteiger partial charge is 0.507 e. The first kappa shape index (κ1) is 18.3. The number of nitrogens with zero attached hydrogens (tertiary/aromatic N) is 1. The standard InChI is InChI=1S/C19H18N2O6S/c1-26-12-6-8-13(9-7-12)28(24,25)21-11-17-15(10-18(21)27-19(22)23)14-4-2-3-5-16(14)20-17/h2-9,18,20H,10-11H2,1H3,(H,22,23)/t18-/m1/s1. The van der Waals surface area contributed by atoms with Gasteiger partial charge in [-0.3, -0.25) is 0 Å². The fourth-order valence-electron chi connectivity index (χ4n) is 3.50. The Morgan fingerprint density at radius 2 is 1.89 bits per heavy atom. The predicted octanol–water partition coefficient (Wildman–Crippen LogP) is 2.94. The SMILES string of the molecule is COc1ccc(S(=O)(=O)N2Cc3[nH]c4ccccc4c3C[C@H]2OC(=O)O)cc1. The molecule has 1 atom stereocenters. The highest BCUT2D eigenvalue weighted by atomic mass is 32.2. The van der Waals surface area contributed by atoms with Gasteiger partial charge in [-0.05, 0) is 35.9 Å². The van der Waals surface area contributed by atoms with E-state index in [1.807, 2.05) is 24.3 Å². The number of aromatic nitrogens is 1. The maximum absolute atomic E-state index is 13.2. The normalized spacial score (nSPS) is 17.2. The third-order valence-corrected chi connectivity index (χ3v) is 6.67. The van der Waals surface area contributed by atoms with Gasteiger partial charge in [0.1, 0.15) is 5.75 Å². The van der Waals surface area contributed by atoms with Crippen LogP contribution in [0.25, 0.3) is 10.9 Å². The lowest BCUT2D eigenvalue weighted by Gasteiger charge is -2.33. The van der Waals surface area contributed by atoms with Crippen molar-refractivity contribution in [1.29, 1.82) is 0 Å². The van der Waals surface area contributed by atoms with E-state index in [9.17, 15) is 13.2 Å². The monoisotopic (exact) mass is 402 g/mol. The van der Waals surface area contributed by atoms with E-state index in [1.165, 1.54) is 31.4 Å². The summed E-state index contributed by atoms with van der Waals surface area (Å²) in [4.78, 5) is 14.5. The number of H-pyrrole nitrogens is 1. The molecule has 1 aliphatic heterocycles. The van der Waals surface area contributed by atoms with Crippen LogP contribution in [0.15, 0.2) is 53.4 Å². The van der Waals surface area contributed by atoms with E-state index in [0.29, 0.717) is 5.75 Å². The minimum atomic E-state index is -3.99. The Hall–Kier alpha value is -3.04. The third kappa shape index (κ3) is 3.08. The second kappa shape index (κ2) is 6.84. The highest BCUT2D eigenvalue weighted by Gasteiger charge is 2.39. The van der Waals surface area contributed by atoms with Crippen molar-refractivity contribution >= 4 is 27.1 Å². The lowest BCUT2D eigenvalue weighted by Crippen LogP contribution is -2.46. The van der Waals surface area contributed by atoms with Crippen LogP contribution in [0.2, 0.25) is 0 Å². The Morgan fingerprint density at radius 1 is 1.18 bits per heavy atom.